The quantitative estimate of drug-likeness (QED) is 0.791. The standard InChI is InChI=1S/C16H22N4O3/c1-10-4-5-12(19(10)3)13(21)20-8-6-11(7-9-20)16(2)14(22)17-15(23)18-16/h4-5,11H,6-9H2,1-3H3,(H2,17,18,22,23). The molecule has 2 aliphatic heterocycles. The second kappa shape index (κ2) is 5.40. The Hall–Kier alpha value is -2.31. The van der Waals surface area contributed by atoms with Crippen LogP contribution in [-0.2, 0) is 11.8 Å². The third-order valence-electron chi connectivity index (χ3n) is 5.26. The molecule has 0 radical (unpaired) electrons. The topological polar surface area (TPSA) is 83.4 Å². The minimum atomic E-state index is -0.867. The van der Waals surface area contributed by atoms with E-state index in [1.165, 1.54) is 0 Å². The fourth-order valence-electron chi connectivity index (χ4n) is 3.49. The third kappa shape index (κ3) is 2.50. The second-order valence-electron chi connectivity index (χ2n) is 6.60. The average molecular weight is 318 g/mol. The summed E-state index contributed by atoms with van der Waals surface area (Å²) in [5, 5.41) is 5.03. The summed E-state index contributed by atoms with van der Waals surface area (Å²) in [5.74, 6) is -0.220. The van der Waals surface area contributed by atoms with E-state index in [-0.39, 0.29) is 17.7 Å². The summed E-state index contributed by atoms with van der Waals surface area (Å²) in [6.07, 6.45) is 1.39. The number of likely N-dealkylation sites (tertiary alicyclic amines) is 1. The van der Waals surface area contributed by atoms with Gasteiger partial charge in [0.1, 0.15) is 11.2 Å². The molecule has 23 heavy (non-hydrogen) atoms. The molecule has 2 saturated heterocycles. The van der Waals surface area contributed by atoms with Gasteiger partial charge in [0.2, 0.25) is 0 Å². The van der Waals surface area contributed by atoms with Crippen LogP contribution in [0.1, 0.15) is 35.9 Å². The average Bonchev–Trinajstić information content (AvgIpc) is 2.99. The Labute approximate surface area is 135 Å². The van der Waals surface area contributed by atoms with E-state index >= 15 is 0 Å². The number of hydrogen-bond acceptors (Lipinski definition) is 3. The van der Waals surface area contributed by atoms with Crippen molar-refractivity contribution in [2.45, 2.75) is 32.2 Å². The largest absolute Gasteiger partial charge is 0.344 e. The zero-order valence-electron chi connectivity index (χ0n) is 13.7. The molecule has 2 aliphatic rings. The van der Waals surface area contributed by atoms with Crippen molar-refractivity contribution in [3.05, 3.63) is 23.5 Å². The van der Waals surface area contributed by atoms with Gasteiger partial charge < -0.3 is 14.8 Å². The summed E-state index contributed by atoms with van der Waals surface area (Å²) < 4.78 is 1.89. The summed E-state index contributed by atoms with van der Waals surface area (Å²) >= 11 is 0. The van der Waals surface area contributed by atoms with E-state index in [0.717, 1.165) is 5.69 Å². The number of piperidine rings is 1. The summed E-state index contributed by atoms with van der Waals surface area (Å²) in [7, 11) is 1.88. The molecule has 2 fully saturated rings. The maximum atomic E-state index is 12.6. The van der Waals surface area contributed by atoms with Crippen molar-refractivity contribution in [3.63, 3.8) is 0 Å². The van der Waals surface area contributed by atoms with Crippen molar-refractivity contribution in [2.75, 3.05) is 13.1 Å². The van der Waals surface area contributed by atoms with Crippen molar-refractivity contribution in [1.29, 1.82) is 0 Å². The van der Waals surface area contributed by atoms with E-state index in [0.29, 0.717) is 31.6 Å². The van der Waals surface area contributed by atoms with E-state index in [9.17, 15) is 14.4 Å². The molecule has 0 bridgehead atoms. The van der Waals surface area contributed by atoms with Gasteiger partial charge in [0.25, 0.3) is 11.8 Å². The molecule has 0 aromatic carbocycles. The fraction of sp³-hybridized carbons (Fsp3) is 0.562. The first-order chi connectivity index (χ1) is 10.8. The van der Waals surface area contributed by atoms with Crippen LogP contribution < -0.4 is 10.6 Å². The van der Waals surface area contributed by atoms with Crippen LogP contribution in [0.2, 0.25) is 0 Å². The Morgan fingerprint density at radius 3 is 2.39 bits per heavy atom. The van der Waals surface area contributed by atoms with Gasteiger partial charge >= 0.3 is 6.03 Å². The molecule has 124 valence electrons. The monoisotopic (exact) mass is 318 g/mol. The Bertz CT molecular complexity index is 673. The zero-order valence-corrected chi connectivity index (χ0v) is 13.7. The first-order valence-electron chi connectivity index (χ1n) is 7.88. The first-order valence-corrected chi connectivity index (χ1v) is 7.88. The summed E-state index contributed by atoms with van der Waals surface area (Å²) in [6, 6.07) is 3.34. The maximum absolute atomic E-state index is 12.6. The van der Waals surface area contributed by atoms with Gasteiger partial charge in [0.05, 0.1) is 0 Å². The summed E-state index contributed by atoms with van der Waals surface area (Å²) in [4.78, 5) is 37.8. The highest BCUT2D eigenvalue weighted by molar-refractivity contribution is 6.07. The lowest BCUT2D eigenvalue weighted by Gasteiger charge is -2.38. The molecular weight excluding hydrogens is 296 g/mol. The van der Waals surface area contributed by atoms with Gasteiger partial charge in [-0.3, -0.25) is 14.9 Å². The van der Waals surface area contributed by atoms with Crippen molar-refractivity contribution in [3.8, 4) is 0 Å². The Morgan fingerprint density at radius 1 is 1.26 bits per heavy atom. The third-order valence-corrected chi connectivity index (χ3v) is 5.26. The number of aromatic nitrogens is 1. The minimum absolute atomic E-state index is 0.0177. The van der Waals surface area contributed by atoms with E-state index in [2.05, 4.69) is 10.6 Å². The number of nitrogens with zero attached hydrogens (tertiary/aromatic N) is 2. The van der Waals surface area contributed by atoms with E-state index in [1.54, 1.807) is 6.92 Å². The van der Waals surface area contributed by atoms with Gasteiger partial charge in [0.15, 0.2) is 0 Å². The molecule has 0 saturated carbocycles. The number of hydrogen-bond donors (Lipinski definition) is 2. The molecular formula is C16H22N4O3. The van der Waals surface area contributed by atoms with Crippen LogP contribution in [-0.4, -0.2) is 45.9 Å². The van der Waals surface area contributed by atoms with E-state index in [4.69, 9.17) is 0 Å². The lowest BCUT2D eigenvalue weighted by atomic mass is 9.79. The molecule has 0 aliphatic carbocycles. The molecule has 0 spiro atoms. The van der Waals surface area contributed by atoms with Gasteiger partial charge in [-0.2, -0.15) is 0 Å². The number of carbonyl (C=O) groups excluding carboxylic acids is 3. The minimum Gasteiger partial charge on any atom is -0.344 e. The van der Waals surface area contributed by atoms with Gasteiger partial charge in [-0.1, -0.05) is 0 Å². The predicted molar refractivity (Wildman–Crippen MR) is 83.9 cm³/mol. The predicted octanol–water partition coefficient (Wildman–Crippen LogP) is 0.784. The van der Waals surface area contributed by atoms with Crippen molar-refractivity contribution in [2.24, 2.45) is 13.0 Å². The van der Waals surface area contributed by atoms with E-state index < -0.39 is 11.6 Å². The number of aryl methyl sites for hydroxylation is 1. The lowest BCUT2D eigenvalue weighted by molar-refractivity contribution is -0.125. The van der Waals surface area contributed by atoms with Crippen LogP contribution >= 0.6 is 0 Å². The van der Waals surface area contributed by atoms with Crippen molar-refractivity contribution in [1.82, 2.24) is 20.1 Å². The van der Waals surface area contributed by atoms with Crippen LogP contribution in [0.15, 0.2) is 12.1 Å². The lowest BCUT2D eigenvalue weighted by Crippen LogP contribution is -2.54. The number of imide groups is 1. The van der Waals surface area contributed by atoms with Gasteiger partial charge in [-0.05, 0) is 44.7 Å². The molecule has 1 aromatic heterocycles. The van der Waals surface area contributed by atoms with Crippen LogP contribution in [0.25, 0.3) is 0 Å². The number of rotatable bonds is 2. The molecule has 2 N–H and O–H groups in total. The Kier molecular flexibility index (Phi) is 3.66. The molecule has 1 atom stereocenters. The Morgan fingerprint density at radius 2 is 1.91 bits per heavy atom. The van der Waals surface area contributed by atoms with Crippen LogP contribution in [0.4, 0.5) is 4.79 Å². The van der Waals surface area contributed by atoms with Crippen LogP contribution in [0, 0.1) is 12.8 Å². The molecule has 3 rings (SSSR count). The number of amides is 4. The van der Waals surface area contributed by atoms with Crippen molar-refractivity contribution >= 4 is 17.8 Å². The Balaban J connectivity index is 1.67. The van der Waals surface area contributed by atoms with Crippen LogP contribution in [0.5, 0.6) is 0 Å². The summed E-state index contributed by atoms with van der Waals surface area (Å²) in [5.41, 5.74) is 0.855. The number of carbonyl (C=O) groups is 3. The molecule has 7 heteroatoms. The van der Waals surface area contributed by atoms with E-state index in [1.807, 2.05) is 35.6 Å². The fourth-order valence-corrected chi connectivity index (χ4v) is 3.49. The molecule has 3 heterocycles. The molecule has 7 nitrogen and oxygen atoms in total. The van der Waals surface area contributed by atoms with Gasteiger partial charge in [-0.15, -0.1) is 0 Å². The summed E-state index contributed by atoms with van der Waals surface area (Å²) in [6.45, 7) is 4.90. The number of urea groups is 1. The van der Waals surface area contributed by atoms with Gasteiger partial charge in [-0.25, -0.2) is 4.79 Å². The normalized spacial score (nSPS) is 25.4. The van der Waals surface area contributed by atoms with Crippen molar-refractivity contribution < 1.29 is 14.4 Å². The second-order valence-corrected chi connectivity index (χ2v) is 6.60. The molecule has 1 aromatic rings. The van der Waals surface area contributed by atoms with Crippen LogP contribution in [0.3, 0.4) is 0 Å². The smallest absolute Gasteiger partial charge is 0.322 e. The molecule has 1 unspecified atom stereocenters. The number of nitrogens with one attached hydrogen (secondary N) is 2. The van der Waals surface area contributed by atoms with Gasteiger partial charge in [0, 0.05) is 25.8 Å². The first kappa shape index (κ1) is 15.6. The SMILES string of the molecule is Cc1ccc(C(=O)N2CCC(C3(C)NC(=O)NC3=O)CC2)n1C. The zero-order chi connectivity index (χ0) is 16.8. The molecule has 4 amide bonds. The highest BCUT2D eigenvalue weighted by Gasteiger charge is 2.48. The highest BCUT2D eigenvalue weighted by atomic mass is 16.2. The maximum Gasteiger partial charge on any atom is 0.322 e. The highest BCUT2D eigenvalue weighted by Crippen LogP contribution is 2.31.